The second kappa shape index (κ2) is 5.77. The lowest BCUT2D eigenvalue weighted by atomic mass is 10.0. The summed E-state index contributed by atoms with van der Waals surface area (Å²) < 4.78 is 45.9. The molecule has 19 heavy (non-hydrogen) atoms. The van der Waals surface area contributed by atoms with Crippen LogP contribution in [0.3, 0.4) is 0 Å². The topological polar surface area (TPSA) is 72.8 Å². The second-order valence-electron chi connectivity index (χ2n) is 5.20. The SMILES string of the molecule is CC(C)(C)OC(=O)COC(=O)CC(C)(O)C(F)(F)F. The summed E-state index contributed by atoms with van der Waals surface area (Å²) in [6.07, 6.45) is -6.25. The summed E-state index contributed by atoms with van der Waals surface area (Å²) in [7, 11) is 0. The number of aliphatic hydroxyl groups is 1. The maximum absolute atomic E-state index is 12.3. The zero-order valence-corrected chi connectivity index (χ0v) is 11.1. The maximum atomic E-state index is 12.3. The summed E-state index contributed by atoms with van der Waals surface area (Å²) in [6, 6.07) is 0. The van der Waals surface area contributed by atoms with Crippen molar-refractivity contribution in [1.82, 2.24) is 0 Å². The van der Waals surface area contributed by atoms with Crippen LogP contribution < -0.4 is 0 Å². The van der Waals surface area contributed by atoms with Crippen LogP contribution in [0.5, 0.6) is 0 Å². The minimum atomic E-state index is -4.96. The van der Waals surface area contributed by atoms with Gasteiger partial charge in [-0.15, -0.1) is 0 Å². The molecule has 0 saturated heterocycles. The van der Waals surface area contributed by atoms with E-state index in [9.17, 15) is 22.8 Å². The first-order valence-electron chi connectivity index (χ1n) is 5.41. The molecule has 0 radical (unpaired) electrons. The number of alkyl halides is 3. The lowest BCUT2D eigenvalue weighted by Gasteiger charge is -2.25. The summed E-state index contributed by atoms with van der Waals surface area (Å²) in [5.41, 5.74) is -3.99. The van der Waals surface area contributed by atoms with Crippen molar-refractivity contribution in [1.29, 1.82) is 0 Å². The van der Waals surface area contributed by atoms with E-state index in [2.05, 4.69) is 4.74 Å². The Balaban J connectivity index is 4.25. The highest BCUT2D eigenvalue weighted by atomic mass is 19.4. The van der Waals surface area contributed by atoms with E-state index in [1.165, 1.54) is 0 Å². The smallest absolute Gasteiger partial charge is 0.417 e. The maximum Gasteiger partial charge on any atom is 0.417 e. The van der Waals surface area contributed by atoms with Crippen molar-refractivity contribution in [2.24, 2.45) is 0 Å². The number of ether oxygens (including phenoxy) is 2. The van der Waals surface area contributed by atoms with Crippen molar-refractivity contribution in [3.05, 3.63) is 0 Å². The molecule has 0 aliphatic carbocycles. The van der Waals surface area contributed by atoms with Gasteiger partial charge in [0.25, 0.3) is 0 Å². The van der Waals surface area contributed by atoms with Gasteiger partial charge in [0.05, 0.1) is 6.42 Å². The second-order valence-corrected chi connectivity index (χ2v) is 5.20. The number of esters is 2. The van der Waals surface area contributed by atoms with Gasteiger partial charge >= 0.3 is 18.1 Å². The molecular weight excluding hydrogens is 269 g/mol. The molecular formula is C11H17F3O5. The van der Waals surface area contributed by atoms with Gasteiger partial charge in [-0.05, 0) is 27.7 Å². The third-order valence-electron chi connectivity index (χ3n) is 1.87. The van der Waals surface area contributed by atoms with Crippen LogP contribution in [0.15, 0.2) is 0 Å². The average Bonchev–Trinajstić information content (AvgIpc) is 2.09. The molecule has 0 aromatic carbocycles. The number of rotatable bonds is 4. The van der Waals surface area contributed by atoms with Gasteiger partial charge in [-0.2, -0.15) is 13.2 Å². The Morgan fingerprint density at radius 2 is 1.53 bits per heavy atom. The lowest BCUT2D eigenvalue weighted by molar-refractivity contribution is -0.255. The Bertz CT molecular complexity index is 341. The minimum Gasteiger partial charge on any atom is -0.457 e. The van der Waals surface area contributed by atoms with Crippen molar-refractivity contribution < 1.29 is 37.3 Å². The molecule has 0 saturated carbocycles. The van der Waals surface area contributed by atoms with Crippen LogP contribution >= 0.6 is 0 Å². The quantitative estimate of drug-likeness (QED) is 0.794. The fraction of sp³-hybridized carbons (Fsp3) is 0.818. The highest BCUT2D eigenvalue weighted by Crippen LogP contribution is 2.32. The zero-order chi connectivity index (χ0) is 15.5. The van der Waals surface area contributed by atoms with Crippen molar-refractivity contribution in [3.63, 3.8) is 0 Å². The van der Waals surface area contributed by atoms with Crippen LogP contribution in [-0.2, 0) is 19.1 Å². The summed E-state index contributed by atoms with van der Waals surface area (Å²) in [5.74, 6) is -2.22. The standard InChI is InChI=1S/C11H17F3O5/c1-9(2,3)19-8(16)6-18-7(15)5-10(4,17)11(12,13)14/h17H,5-6H2,1-4H3. The van der Waals surface area contributed by atoms with Gasteiger partial charge in [0.2, 0.25) is 0 Å². The molecule has 8 heteroatoms. The first-order valence-corrected chi connectivity index (χ1v) is 5.41. The molecule has 0 rings (SSSR count). The Morgan fingerprint density at radius 1 is 1.05 bits per heavy atom. The molecule has 0 amide bonds. The Morgan fingerprint density at radius 3 is 1.89 bits per heavy atom. The van der Waals surface area contributed by atoms with E-state index < -0.39 is 42.3 Å². The first kappa shape index (κ1) is 17.7. The third kappa shape index (κ3) is 7.00. The van der Waals surface area contributed by atoms with E-state index in [1.807, 2.05) is 0 Å². The van der Waals surface area contributed by atoms with E-state index in [0.717, 1.165) is 0 Å². The van der Waals surface area contributed by atoms with E-state index >= 15 is 0 Å². The molecule has 112 valence electrons. The zero-order valence-electron chi connectivity index (χ0n) is 11.1. The normalized spacial score (nSPS) is 15.6. The average molecular weight is 286 g/mol. The molecule has 1 N–H and O–H groups in total. The van der Waals surface area contributed by atoms with E-state index in [0.29, 0.717) is 6.92 Å². The molecule has 0 heterocycles. The highest BCUT2D eigenvalue weighted by Gasteiger charge is 2.51. The molecule has 5 nitrogen and oxygen atoms in total. The van der Waals surface area contributed by atoms with E-state index in [1.54, 1.807) is 20.8 Å². The molecule has 0 fully saturated rings. The van der Waals surface area contributed by atoms with Crippen molar-refractivity contribution in [2.45, 2.75) is 51.5 Å². The number of halogens is 3. The number of carbonyl (C=O) groups is 2. The monoisotopic (exact) mass is 286 g/mol. The molecule has 0 spiro atoms. The van der Waals surface area contributed by atoms with Crippen LogP contribution in [0.1, 0.15) is 34.1 Å². The largest absolute Gasteiger partial charge is 0.457 e. The Kier molecular flexibility index (Phi) is 5.37. The number of hydrogen-bond donors (Lipinski definition) is 1. The lowest BCUT2D eigenvalue weighted by Crippen LogP contribution is -2.44. The summed E-state index contributed by atoms with van der Waals surface area (Å²) in [5, 5.41) is 9.03. The van der Waals surface area contributed by atoms with Crippen molar-refractivity contribution in [3.8, 4) is 0 Å². The molecule has 0 aliphatic rings. The molecule has 1 atom stereocenters. The Labute approximate surface area is 108 Å². The van der Waals surface area contributed by atoms with E-state index in [-0.39, 0.29) is 0 Å². The Hall–Kier alpha value is -1.31. The first-order chi connectivity index (χ1) is 8.24. The van der Waals surface area contributed by atoms with E-state index in [4.69, 9.17) is 9.84 Å². The van der Waals surface area contributed by atoms with Gasteiger partial charge in [0.15, 0.2) is 12.2 Å². The number of hydrogen-bond acceptors (Lipinski definition) is 5. The summed E-state index contributed by atoms with van der Waals surface area (Å²) >= 11 is 0. The van der Waals surface area contributed by atoms with Gasteiger partial charge in [-0.3, -0.25) is 4.79 Å². The van der Waals surface area contributed by atoms with Crippen LogP contribution in [0.25, 0.3) is 0 Å². The highest BCUT2D eigenvalue weighted by molar-refractivity contribution is 5.77. The predicted molar refractivity (Wildman–Crippen MR) is 58.1 cm³/mol. The third-order valence-corrected chi connectivity index (χ3v) is 1.87. The summed E-state index contributed by atoms with van der Waals surface area (Å²) in [6.45, 7) is 4.40. The summed E-state index contributed by atoms with van der Waals surface area (Å²) in [4.78, 5) is 22.2. The van der Waals surface area contributed by atoms with Gasteiger partial charge in [-0.25, -0.2) is 4.79 Å². The molecule has 0 aromatic heterocycles. The van der Waals surface area contributed by atoms with Gasteiger partial charge < -0.3 is 14.6 Å². The van der Waals surface area contributed by atoms with Crippen LogP contribution in [-0.4, -0.2) is 41.0 Å². The minimum absolute atomic E-state index is 0.446. The molecule has 1 unspecified atom stereocenters. The van der Waals surface area contributed by atoms with Crippen LogP contribution in [0.2, 0.25) is 0 Å². The molecule has 0 aromatic rings. The van der Waals surface area contributed by atoms with Gasteiger partial charge in [0, 0.05) is 0 Å². The predicted octanol–water partition coefficient (Wildman–Crippen LogP) is 1.57. The van der Waals surface area contributed by atoms with Crippen LogP contribution in [0, 0.1) is 0 Å². The molecule has 0 aliphatic heterocycles. The van der Waals surface area contributed by atoms with Crippen molar-refractivity contribution in [2.75, 3.05) is 6.61 Å². The van der Waals surface area contributed by atoms with Crippen LogP contribution in [0.4, 0.5) is 13.2 Å². The van der Waals surface area contributed by atoms with Gasteiger partial charge in [-0.1, -0.05) is 0 Å². The molecule has 0 bridgehead atoms. The van der Waals surface area contributed by atoms with Gasteiger partial charge in [0.1, 0.15) is 5.60 Å². The number of carbonyl (C=O) groups excluding carboxylic acids is 2. The fourth-order valence-electron chi connectivity index (χ4n) is 0.943. The van der Waals surface area contributed by atoms with Crippen molar-refractivity contribution >= 4 is 11.9 Å². The fourth-order valence-corrected chi connectivity index (χ4v) is 0.943.